The van der Waals surface area contributed by atoms with Crippen molar-refractivity contribution >= 4 is 11.6 Å². The summed E-state index contributed by atoms with van der Waals surface area (Å²) in [5.74, 6) is -0.199. The number of halogens is 2. The fourth-order valence-corrected chi connectivity index (χ4v) is 2.90. The van der Waals surface area contributed by atoms with Crippen LogP contribution >= 0.6 is 11.6 Å². The molecule has 0 spiro atoms. The first-order chi connectivity index (χ1) is 9.43. The second-order valence-corrected chi connectivity index (χ2v) is 5.57. The first kappa shape index (κ1) is 15.0. The lowest BCUT2D eigenvalue weighted by atomic mass is 9.94. The maximum absolute atomic E-state index is 13.4. The molecule has 0 aromatic heterocycles. The van der Waals surface area contributed by atoms with Crippen molar-refractivity contribution in [2.45, 2.75) is 26.8 Å². The Labute approximate surface area is 124 Å². The topological polar surface area (TPSA) is 12.0 Å². The monoisotopic (exact) mass is 291 g/mol. The maximum Gasteiger partial charge on any atom is 0.123 e. The first-order valence-electron chi connectivity index (χ1n) is 6.68. The molecule has 0 amide bonds. The number of benzene rings is 2. The Morgan fingerprint density at radius 3 is 2.20 bits per heavy atom. The van der Waals surface area contributed by atoms with Gasteiger partial charge in [-0.15, -0.1) is 0 Å². The van der Waals surface area contributed by atoms with Crippen LogP contribution in [0.15, 0.2) is 30.3 Å². The molecular formula is C17H19ClFN. The summed E-state index contributed by atoms with van der Waals surface area (Å²) in [5, 5.41) is 3.91. The van der Waals surface area contributed by atoms with Crippen molar-refractivity contribution in [1.29, 1.82) is 0 Å². The van der Waals surface area contributed by atoms with E-state index in [0.717, 1.165) is 32.8 Å². The zero-order valence-corrected chi connectivity index (χ0v) is 13.0. The van der Waals surface area contributed by atoms with E-state index in [4.69, 9.17) is 11.6 Å². The molecule has 0 aliphatic rings. The van der Waals surface area contributed by atoms with E-state index < -0.39 is 0 Å². The van der Waals surface area contributed by atoms with Crippen LogP contribution in [-0.4, -0.2) is 7.05 Å². The molecule has 0 aliphatic carbocycles. The summed E-state index contributed by atoms with van der Waals surface area (Å²) in [4.78, 5) is 0. The smallest absolute Gasteiger partial charge is 0.123 e. The summed E-state index contributed by atoms with van der Waals surface area (Å²) in [6.45, 7) is 5.90. The number of nitrogens with one attached hydrogen (secondary N) is 1. The molecule has 0 aliphatic heterocycles. The minimum absolute atomic E-state index is 0.199. The highest BCUT2D eigenvalue weighted by Gasteiger charge is 2.12. The largest absolute Gasteiger partial charge is 0.313 e. The Kier molecular flexibility index (Phi) is 4.46. The van der Waals surface area contributed by atoms with Gasteiger partial charge in [0.05, 0.1) is 0 Å². The third-order valence-corrected chi connectivity index (χ3v) is 4.01. The molecule has 0 fully saturated rings. The zero-order valence-electron chi connectivity index (χ0n) is 12.2. The molecule has 0 heterocycles. The minimum Gasteiger partial charge on any atom is -0.313 e. The van der Waals surface area contributed by atoms with Gasteiger partial charge in [0.25, 0.3) is 0 Å². The van der Waals surface area contributed by atoms with Crippen LogP contribution in [0.25, 0.3) is 11.1 Å². The van der Waals surface area contributed by atoms with Gasteiger partial charge in [-0.3, -0.25) is 0 Å². The standard InChI is InChI=1S/C17H19ClFN/c1-10-7-14(19)8-11(2)17(10)13-5-6-15(12(3)20-4)16(18)9-13/h5-9,12,20H,1-4H3. The molecule has 1 nitrogen and oxygen atoms in total. The normalized spacial score (nSPS) is 12.5. The molecule has 20 heavy (non-hydrogen) atoms. The average molecular weight is 292 g/mol. The van der Waals surface area contributed by atoms with Crippen molar-refractivity contribution in [3.63, 3.8) is 0 Å². The van der Waals surface area contributed by atoms with Crippen molar-refractivity contribution < 1.29 is 4.39 Å². The van der Waals surface area contributed by atoms with Crippen molar-refractivity contribution in [2.75, 3.05) is 7.05 Å². The lowest BCUT2D eigenvalue weighted by Crippen LogP contribution is -2.12. The van der Waals surface area contributed by atoms with E-state index in [1.165, 1.54) is 0 Å². The maximum atomic E-state index is 13.4. The average Bonchev–Trinajstić information content (AvgIpc) is 2.37. The second-order valence-electron chi connectivity index (χ2n) is 5.16. The van der Waals surface area contributed by atoms with Crippen molar-refractivity contribution in [2.24, 2.45) is 0 Å². The summed E-state index contributed by atoms with van der Waals surface area (Å²) in [5.41, 5.74) is 4.99. The number of aryl methyl sites for hydroxylation is 2. The molecule has 2 aromatic carbocycles. The Bertz CT molecular complexity index is 614. The van der Waals surface area contributed by atoms with Crippen LogP contribution in [0.5, 0.6) is 0 Å². The van der Waals surface area contributed by atoms with E-state index >= 15 is 0 Å². The first-order valence-corrected chi connectivity index (χ1v) is 7.05. The Morgan fingerprint density at radius 2 is 1.70 bits per heavy atom. The van der Waals surface area contributed by atoms with Crippen LogP contribution in [0.2, 0.25) is 5.02 Å². The molecule has 2 rings (SSSR count). The van der Waals surface area contributed by atoms with E-state index in [1.807, 2.05) is 39.1 Å². The third-order valence-electron chi connectivity index (χ3n) is 3.69. The van der Waals surface area contributed by atoms with E-state index in [2.05, 4.69) is 12.2 Å². The zero-order chi connectivity index (χ0) is 14.9. The summed E-state index contributed by atoms with van der Waals surface area (Å²) in [7, 11) is 1.91. The second kappa shape index (κ2) is 5.94. The molecule has 0 radical (unpaired) electrons. The molecule has 3 heteroatoms. The summed E-state index contributed by atoms with van der Waals surface area (Å²) < 4.78 is 13.4. The number of hydrogen-bond donors (Lipinski definition) is 1. The van der Waals surface area contributed by atoms with Gasteiger partial charge in [0.15, 0.2) is 0 Å². The van der Waals surface area contributed by atoms with Crippen molar-refractivity contribution in [3.8, 4) is 11.1 Å². The highest BCUT2D eigenvalue weighted by Crippen LogP contribution is 2.32. The lowest BCUT2D eigenvalue weighted by Gasteiger charge is -2.16. The van der Waals surface area contributed by atoms with Gasteiger partial charge < -0.3 is 5.32 Å². The molecular weight excluding hydrogens is 273 g/mol. The van der Waals surface area contributed by atoms with Crippen LogP contribution in [0.3, 0.4) is 0 Å². The SMILES string of the molecule is CNC(C)c1ccc(-c2c(C)cc(F)cc2C)cc1Cl. The molecule has 1 N–H and O–H groups in total. The van der Waals surface area contributed by atoms with Crippen LogP contribution in [0.4, 0.5) is 4.39 Å². The van der Waals surface area contributed by atoms with Crippen LogP contribution in [-0.2, 0) is 0 Å². The van der Waals surface area contributed by atoms with Gasteiger partial charge in [-0.25, -0.2) is 4.39 Å². The highest BCUT2D eigenvalue weighted by molar-refractivity contribution is 6.31. The Morgan fingerprint density at radius 1 is 1.10 bits per heavy atom. The van der Waals surface area contributed by atoms with Crippen LogP contribution < -0.4 is 5.32 Å². The van der Waals surface area contributed by atoms with Gasteiger partial charge in [-0.1, -0.05) is 23.7 Å². The van der Waals surface area contributed by atoms with Crippen molar-refractivity contribution in [3.05, 3.63) is 57.9 Å². The predicted molar refractivity (Wildman–Crippen MR) is 83.8 cm³/mol. The number of rotatable bonds is 3. The minimum atomic E-state index is -0.199. The van der Waals surface area contributed by atoms with Gasteiger partial charge in [-0.05, 0) is 73.8 Å². The highest BCUT2D eigenvalue weighted by atomic mass is 35.5. The van der Waals surface area contributed by atoms with E-state index in [0.29, 0.717) is 0 Å². The molecule has 2 aromatic rings. The van der Waals surface area contributed by atoms with Gasteiger partial charge in [-0.2, -0.15) is 0 Å². The Hall–Kier alpha value is -1.38. The van der Waals surface area contributed by atoms with Gasteiger partial charge in [0.2, 0.25) is 0 Å². The van der Waals surface area contributed by atoms with Crippen LogP contribution in [0, 0.1) is 19.7 Å². The molecule has 106 valence electrons. The summed E-state index contributed by atoms with van der Waals surface area (Å²) in [6.07, 6.45) is 0. The van der Waals surface area contributed by atoms with Gasteiger partial charge >= 0.3 is 0 Å². The third kappa shape index (κ3) is 2.87. The molecule has 1 atom stereocenters. The quantitative estimate of drug-likeness (QED) is 0.835. The fraction of sp³-hybridized carbons (Fsp3) is 0.294. The summed E-state index contributed by atoms with van der Waals surface area (Å²) in [6, 6.07) is 9.34. The van der Waals surface area contributed by atoms with Gasteiger partial charge in [0, 0.05) is 11.1 Å². The van der Waals surface area contributed by atoms with E-state index in [9.17, 15) is 4.39 Å². The molecule has 0 saturated heterocycles. The Balaban J connectivity index is 2.53. The van der Waals surface area contributed by atoms with E-state index in [-0.39, 0.29) is 11.9 Å². The molecule has 0 saturated carbocycles. The molecule has 1 unspecified atom stereocenters. The van der Waals surface area contributed by atoms with Gasteiger partial charge in [0.1, 0.15) is 5.82 Å². The fourth-order valence-electron chi connectivity index (χ4n) is 2.56. The molecule has 0 bridgehead atoms. The summed E-state index contributed by atoms with van der Waals surface area (Å²) >= 11 is 6.37. The van der Waals surface area contributed by atoms with Crippen LogP contribution in [0.1, 0.15) is 29.7 Å². The predicted octanol–water partition coefficient (Wildman–Crippen LogP) is 5.04. The number of hydrogen-bond acceptors (Lipinski definition) is 1. The van der Waals surface area contributed by atoms with Crippen molar-refractivity contribution in [1.82, 2.24) is 5.32 Å². The lowest BCUT2D eigenvalue weighted by molar-refractivity contribution is 0.625. The van der Waals surface area contributed by atoms with E-state index in [1.54, 1.807) is 12.1 Å².